The molecule has 0 fully saturated rings. The Bertz CT molecular complexity index is 792. The Labute approximate surface area is 129 Å². The Hall–Kier alpha value is -1.65. The highest BCUT2D eigenvalue weighted by molar-refractivity contribution is 6.32. The molecule has 1 heterocycles. The first-order valence-corrected chi connectivity index (χ1v) is 7.20. The van der Waals surface area contributed by atoms with E-state index in [0.29, 0.717) is 29.2 Å². The van der Waals surface area contributed by atoms with Gasteiger partial charge in [0.25, 0.3) is 0 Å². The summed E-state index contributed by atoms with van der Waals surface area (Å²) >= 11 is 11.8. The molecule has 0 unspecified atom stereocenters. The molecule has 2 aromatic carbocycles. The summed E-state index contributed by atoms with van der Waals surface area (Å²) in [6, 6.07) is 9.17. The molecule has 0 saturated heterocycles. The Kier molecular flexibility index (Phi) is 3.83. The Morgan fingerprint density at radius 1 is 1.14 bits per heavy atom. The molecule has 0 N–H and O–H groups in total. The van der Waals surface area contributed by atoms with Crippen molar-refractivity contribution in [3.8, 4) is 5.69 Å². The minimum absolute atomic E-state index is 0.00789. The fourth-order valence-corrected chi connectivity index (χ4v) is 2.77. The smallest absolute Gasteiger partial charge is 0.151 e. The molecule has 0 radical (unpaired) electrons. The van der Waals surface area contributed by atoms with Crippen LogP contribution in [0, 0.1) is 11.6 Å². The van der Waals surface area contributed by atoms with Gasteiger partial charge in [-0.2, -0.15) is 0 Å². The van der Waals surface area contributed by atoms with Crippen molar-refractivity contribution in [2.45, 2.75) is 6.42 Å². The van der Waals surface area contributed by atoms with Crippen molar-refractivity contribution in [2.75, 3.05) is 5.88 Å². The third kappa shape index (κ3) is 2.49. The maximum Gasteiger partial charge on any atom is 0.151 e. The highest BCUT2D eigenvalue weighted by Gasteiger charge is 2.18. The van der Waals surface area contributed by atoms with E-state index in [1.54, 1.807) is 10.6 Å². The zero-order valence-electron chi connectivity index (χ0n) is 10.8. The molecule has 3 rings (SSSR count). The van der Waals surface area contributed by atoms with E-state index in [2.05, 4.69) is 4.98 Å². The highest BCUT2D eigenvalue weighted by atomic mass is 35.5. The molecule has 0 aliphatic heterocycles. The molecule has 21 heavy (non-hydrogen) atoms. The highest BCUT2D eigenvalue weighted by Crippen LogP contribution is 2.30. The third-order valence-corrected chi connectivity index (χ3v) is 3.63. The molecule has 0 aliphatic carbocycles. The lowest BCUT2D eigenvalue weighted by atomic mass is 10.2. The third-order valence-electron chi connectivity index (χ3n) is 3.15. The van der Waals surface area contributed by atoms with E-state index in [4.69, 9.17) is 23.2 Å². The van der Waals surface area contributed by atoms with Crippen molar-refractivity contribution in [2.24, 2.45) is 0 Å². The molecule has 1 aromatic heterocycles. The van der Waals surface area contributed by atoms with Crippen LogP contribution < -0.4 is 0 Å². The van der Waals surface area contributed by atoms with Gasteiger partial charge in [0.1, 0.15) is 17.3 Å². The van der Waals surface area contributed by atoms with Gasteiger partial charge in [0.2, 0.25) is 0 Å². The predicted molar refractivity (Wildman–Crippen MR) is 80.4 cm³/mol. The lowest BCUT2D eigenvalue weighted by Crippen LogP contribution is -2.05. The van der Waals surface area contributed by atoms with Crippen molar-refractivity contribution < 1.29 is 8.78 Å². The quantitative estimate of drug-likeness (QED) is 0.636. The molecule has 0 saturated carbocycles. The van der Waals surface area contributed by atoms with E-state index in [1.807, 2.05) is 18.2 Å². The lowest BCUT2D eigenvalue weighted by molar-refractivity contribution is 0.577. The molecule has 108 valence electrons. The van der Waals surface area contributed by atoms with Crippen LogP contribution in [0.5, 0.6) is 0 Å². The molecule has 3 aromatic rings. The average Bonchev–Trinajstić information content (AvgIpc) is 2.77. The summed E-state index contributed by atoms with van der Waals surface area (Å²) in [5.41, 5.74) is 1.49. The van der Waals surface area contributed by atoms with Gasteiger partial charge in [0.15, 0.2) is 5.82 Å². The van der Waals surface area contributed by atoms with Crippen molar-refractivity contribution in [1.82, 2.24) is 9.55 Å². The predicted octanol–water partition coefficient (Wildman–Crippen LogP) is 4.74. The molecule has 0 bridgehead atoms. The number of benzene rings is 2. The summed E-state index contributed by atoms with van der Waals surface area (Å²) in [5, 5.41) is -0.00789. The van der Waals surface area contributed by atoms with Gasteiger partial charge < -0.3 is 0 Å². The van der Waals surface area contributed by atoms with Gasteiger partial charge in [-0.25, -0.2) is 13.8 Å². The summed E-state index contributed by atoms with van der Waals surface area (Å²) in [6.07, 6.45) is 0.448. The standard InChI is InChI=1S/C15H10Cl2F2N2/c16-6-5-14-20-12-3-1-2-4-13(12)21(14)15-10(17)7-9(18)8-11(15)19/h1-4,7-8H,5-6H2. The number of alkyl halides is 1. The summed E-state index contributed by atoms with van der Waals surface area (Å²) < 4.78 is 29.1. The van der Waals surface area contributed by atoms with Crippen LogP contribution in [0.1, 0.15) is 5.82 Å². The van der Waals surface area contributed by atoms with Gasteiger partial charge in [-0.3, -0.25) is 4.57 Å². The van der Waals surface area contributed by atoms with Gasteiger partial charge in [-0.05, 0) is 18.2 Å². The zero-order valence-corrected chi connectivity index (χ0v) is 12.3. The summed E-state index contributed by atoms with van der Waals surface area (Å²) in [4.78, 5) is 4.44. The maximum atomic E-state index is 14.2. The second kappa shape index (κ2) is 5.62. The first-order chi connectivity index (χ1) is 10.1. The van der Waals surface area contributed by atoms with Crippen LogP contribution in [0.4, 0.5) is 8.78 Å². The first kappa shape index (κ1) is 14.3. The first-order valence-electron chi connectivity index (χ1n) is 6.29. The van der Waals surface area contributed by atoms with Crippen molar-refractivity contribution in [1.29, 1.82) is 0 Å². The van der Waals surface area contributed by atoms with E-state index >= 15 is 0 Å². The van der Waals surface area contributed by atoms with Crippen LogP contribution in [0.15, 0.2) is 36.4 Å². The van der Waals surface area contributed by atoms with E-state index in [1.165, 1.54) is 0 Å². The number of fused-ring (bicyclic) bond motifs is 1. The van der Waals surface area contributed by atoms with Gasteiger partial charge in [0.05, 0.1) is 16.1 Å². The van der Waals surface area contributed by atoms with Crippen LogP contribution in [-0.4, -0.2) is 15.4 Å². The molecule has 0 aliphatic rings. The Balaban J connectivity index is 2.36. The fraction of sp³-hybridized carbons (Fsp3) is 0.133. The monoisotopic (exact) mass is 326 g/mol. The molecule has 0 amide bonds. The number of aromatic nitrogens is 2. The van der Waals surface area contributed by atoms with Crippen LogP contribution in [0.3, 0.4) is 0 Å². The van der Waals surface area contributed by atoms with Crippen molar-refractivity contribution in [3.63, 3.8) is 0 Å². The SMILES string of the molecule is Fc1cc(F)c(-n2c(CCCl)nc3ccccc32)c(Cl)c1. The average molecular weight is 327 g/mol. The molecule has 6 heteroatoms. The second-order valence-corrected chi connectivity index (χ2v) is 5.29. The second-order valence-electron chi connectivity index (χ2n) is 4.51. The van der Waals surface area contributed by atoms with Crippen LogP contribution in [0.2, 0.25) is 5.02 Å². The van der Waals surface area contributed by atoms with Crippen LogP contribution >= 0.6 is 23.2 Å². The van der Waals surface area contributed by atoms with Gasteiger partial charge >= 0.3 is 0 Å². The van der Waals surface area contributed by atoms with Gasteiger partial charge in [0, 0.05) is 18.4 Å². The van der Waals surface area contributed by atoms with Crippen LogP contribution in [-0.2, 0) is 6.42 Å². The molecular weight excluding hydrogens is 317 g/mol. The van der Waals surface area contributed by atoms with Gasteiger partial charge in [-0.1, -0.05) is 23.7 Å². The fourth-order valence-electron chi connectivity index (χ4n) is 2.33. The summed E-state index contributed by atoms with van der Waals surface area (Å²) in [7, 11) is 0. The Morgan fingerprint density at radius 2 is 1.90 bits per heavy atom. The normalized spacial score (nSPS) is 11.2. The molecule has 2 nitrogen and oxygen atoms in total. The van der Waals surface area contributed by atoms with E-state index < -0.39 is 11.6 Å². The Morgan fingerprint density at radius 3 is 2.62 bits per heavy atom. The van der Waals surface area contributed by atoms with Crippen molar-refractivity contribution in [3.05, 3.63) is 58.9 Å². The minimum atomic E-state index is -0.737. The molecule has 0 spiro atoms. The maximum absolute atomic E-state index is 14.2. The lowest BCUT2D eigenvalue weighted by Gasteiger charge is -2.12. The molecule has 0 atom stereocenters. The van der Waals surface area contributed by atoms with E-state index in [-0.39, 0.29) is 10.7 Å². The number of halogens is 4. The number of imidazole rings is 1. The molecular formula is C15H10Cl2F2N2. The van der Waals surface area contributed by atoms with Gasteiger partial charge in [-0.15, -0.1) is 11.6 Å². The zero-order chi connectivity index (χ0) is 15.0. The van der Waals surface area contributed by atoms with E-state index in [0.717, 1.165) is 12.1 Å². The largest absolute Gasteiger partial charge is 0.292 e. The number of nitrogens with zero attached hydrogens (tertiary/aromatic N) is 2. The minimum Gasteiger partial charge on any atom is -0.292 e. The van der Waals surface area contributed by atoms with Crippen molar-refractivity contribution >= 4 is 34.2 Å². The van der Waals surface area contributed by atoms with E-state index in [9.17, 15) is 8.78 Å². The summed E-state index contributed by atoms with van der Waals surface area (Å²) in [6.45, 7) is 0. The number of rotatable bonds is 3. The number of hydrogen-bond donors (Lipinski definition) is 0. The number of hydrogen-bond acceptors (Lipinski definition) is 1. The number of para-hydroxylation sites is 2. The topological polar surface area (TPSA) is 17.8 Å². The summed E-state index contributed by atoms with van der Waals surface area (Å²) in [5.74, 6) is -0.536. The van der Waals surface area contributed by atoms with Crippen LogP contribution in [0.25, 0.3) is 16.7 Å². The number of aryl methyl sites for hydroxylation is 1.